The number of carboxylic acid groups (broad SMARTS) is 1. The lowest BCUT2D eigenvalue weighted by atomic mass is 10.0. The summed E-state index contributed by atoms with van der Waals surface area (Å²) in [4.78, 5) is 36.6. The Balaban J connectivity index is 2.29. The zero-order valence-corrected chi connectivity index (χ0v) is 11.9. The zero-order valence-electron chi connectivity index (χ0n) is 11.0. The lowest BCUT2D eigenvalue weighted by Crippen LogP contribution is -2.53. The van der Waals surface area contributed by atoms with Crippen molar-refractivity contribution < 1.29 is 19.5 Å². The van der Waals surface area contributed by atoms with Crippen LogP contribution in [0, 0.1) is 12.3 Å². The predicted molar refractivity (Wildman–Crippen MR) is 72.9 cm³/mol. The highest BCUT2D eigenvalue weighted by Crippen LogP contribution is 2.47. The number of hydrogen-bond acceptors (Lipinski definition) is 4. The maximum Gasteiger partial charge on any atom is 0.329 e. The van der Waals surface area contributed by atoms with Crippen LogP contribution in [-0.2, 0) is 9.59 Å². The van der Waals surface area contributed by atoms with Crippen molar-refractivity contribution in [2.45, 2.75) is 36.1 Å². The van der Waals surface area contributed by atoms with E-state index in [0.717, 1.165) is 0 Å². The predicted octanol–water partition coefficient (Wildman–Crippen LogP) is -0.566. The molecule has 2 saturated heterocycles. The molecule has 0 spiro atoms. The highest BCUT2D eigenvalue weighted by Gasteiger charge is 2.60. The molecule has 0 bridgehead atoms. The van der Waals surface area contributed by atoms with Crippen molar-refractivity contribution in [3.63, 3.8) is 0 Å². The number of fused-ring (bicyclic) bond motifs is 1. The van der Waals surface area contributed by atoms with E-state index in [0.29, 0.717) is 0 Å². The van der Waals surface area contributed by atoms with Gasteiger partial charge in [0.1, 0.15) is 11.4 Å². The molecule has 0 aromatic carbocycles. The number of nitrogens with one attached hydrogen (secondary N) is 2. The molecule has 0 aliphatic carbocycles. The van der Waals surface area contributed by atoms with Gasteiger partial charge in [0.25, 0.3) is 0 Å². The fourth-order valence-electron chi connectivity index (χ4n) is 2.52. The van der Waals surface area contributed by atoms with Crippen LogP contribution in [0.4, 0.5) is 4.79 Å². The number of thioether (sulfide) groups is 1. The van der Waals surface area contributed by atoms with Gasteiger partial charge in [-0.1, -0.05) is 5.92 Å². The van der Waals surface area contributed by atoms with Gasteiger partial charge in [0.2, 0.25) is 5.91 Å². The molecule has 2 aliphatic rings. The van der Waals surface area contributed by atoms with E-state index >= 15 is 0 Å². The van der Waals surface area contributed by atoms with Crippen LogP contribution in [0.2, 0.25) is 0 Å². The van der Waals surface area contributed by atoms with Crippen LogP contribution in [0.1, 0.15) is 13.8 Å². The molecule has 0 aromatic rings. The van der Waals surface area contributed by atoms with E-state index < -0.39 is 34.2 Å². The van der Waals surface area contributed by atoms with Gasteiger partial charge in [-0.2, -0.15) is 0 Å². The Labute approximate surface area is 120 Å². The van der Waals surface area contributed by atoms with Crippen molar-refractivity contribution in [1.29, 1.82) is 0 Å². The van der Waals surface area contributed by atoms with Crippen LogP contribution < -0.4 is 10.6 Å². The number of amides is 3. The highest BCUT2D eigenvalue weighted by atomic mass is 32.2. The Hall–Kier alpha value is -1.88. The third-order valence-electron chi connectivity index (χ3n) is 3.31. The van der Waals surface area contributed by atoms with Crippen LogP contribution in [0.5, 0.6) is 0 Å². The lowest BCUT2D eigenvalue weighted by Gasteiger charge is -2.28. The van der Waals surface area contributed by atoms with Crippen molar-refractivity contribution in [3.05, 3.63) is 0 Å². The maximum absolute atomic E-state index is 12.2. The van der Waals surface area contributed by atoms with Crippen molar-refractivity contribution >= 4 is 29.7 Å². The maximum atomic E-state index is 12.2. The second-order valence-electron chi connectivity index (χ2n) is 5.11. The fraction of sp³-hybridized carbons (Fsp3) is 0.583. The van der Waals surface area contributed by atoms with E-state index in [1.165, 1.54) is 16.7 Å². The summed E-state index contributed by atoms with van der Waals surface area (Å²) in [7, 11) is 0. The van der Waals surface area contributed by atoms with Gasteiger partial charge in [0.05, 0.1) is 6.54 Å². The standard InChI is InChI=1S/C12H15N3O4S/c1-4-5-13-8(16)7-12(2,3)20-9-6(10(17)18)14-11(19)15(7)9/h1,6-7,9H,5H2,2-3H3,(H,13,16)(H,14,19)(H,17,18)/t6-,7-,9+/m0/s1. The summed E-state index contributed by atoms with van der Waals surface area (Å²) in [6.45, 7) is 3.68. The minimum absolute atomic E-state index is 0.0680. The summed E-state index contributed by atoms with van der Waals surface area (Å²) in [5.74, 6) is 0.812. The average molecular weight is 297 g/mol. The molecule has 2 rings (SSSR count). The third kappa shape index (κ3) is 2.18. The minimum atomic E-state index is -1.11. The number of urea groups is 1. The van der Waals surface area contributed by atoms with Gasteiger partial charge in [0.15, 0.2) is 6.04 Å². The number of nitrogens with zero attached hydrogens (tertiary/aromatic N) is 1. The van der Waals surface area contributed by atoms with Crippen LogP contribution in [0.3, 0.4) is 0 Å². The SMILES string of the molecule is C#CCNC(=O)[C@@H]1N2C(=O)N[C@H](C(=O)O)[C@H]2SC1(C)C. The van der Waals surface area contributed by atoms with Crippen LogP contribution in [0.25, 0.3) is 0 Å². The first-order valence-corrected chi connectivity index (χ1v) is 6.88. The van der Waals surface area contributed by atoms with Gasteiger partial charge in [-0.25, -0.2) is 9.59 Å². The Morgan fingerprint density at radius 3 is 2.80 bits per heavy atom. The molecular weight excluding hydrogens is 282 g/mol. The summed E-state index contributed by atoms with van der Waals surface area (Å²) in [5.41, 5.74) is 0. The zero-order chi connectivity index (χ0) is 15.1. The Morgan fingerprint density at radius 1 is 1.60 bits per heavy atom. The molecule has 2 heterocycles. The molecule has 0 saturated carbocycles. The first kappa shape index (κ1) is 14.5. The number of carbonyl (C=O) groups is 3. The minimum Gasteiger partial charge on any atom is -0.480 e. The molecule has 2 fully saturated rings. The number of aliphatic carboxylic acids is 1. The fourth-order valence-corrected chi connectivity index (χ4v) is 4.14. The van der Waals surface area contributed by atoms with Crippen LogP contribution >= 0.6 is 11.8 Å². The monoisotopic (exact) mass is 297 g/mol. The normalized spacial score (nSPS) is 30.4. The van der Waals surface area contributed by atoms with Crippen molar-refractivity contribution in [2.24, 2.45) is 0 Å². The number of rotatable bonds is 3. The van der Waals surface area contributed by atoms with Gasteiger partial charge in [-0.15, -0.1) is 18.2 Å². The topological polar surface area (TPSA) is 98.7 Å². The van der Waals surface area contributed by atoms with E-state index in [9.17, 15) is 14.4 Å². The number of carboxylic acids is 1. The number of carbonyl (C=O) groups excluding carboxylic acids is 2. The molecular formula is C12H15N3O4S. The summed E-state index contributed by atoms with van der Waals surface area (Å²) < 4.78 is -0.588. The number of hydrogen-bond donors (Lipinski definition) is 3. The van der Waals surface area contributed by atoms with Crippen molar-refractivity contribution in [2.75, 3.05) is 6.54 Å². The Bertz CT molecular complexity index is 513. The molecule has 0 radical (unpaired) electrons. The van der Waals surface area contributed by atoms with Gasteiger partial charge in [-0.3, -0.25) is 9.69 Å². The molecule has 0 unspecified atom stereocenters. The molecule has 20 heavy (non-hydrogen) atoms. The molecule has 7 nitrogen and oxygen atoms in total. The van der Waals surface area contributed by atoms with Crippen molar-refractivity contribution in [3.8, 4) is 12.3 Å². The van der Waals surface area contributed by atoms with Crippen LogP contribution in [-0.4, -0.2) is 56.7 Å². The summed E-state index contributed by atoms with van der Waals surface area (Å²) in [6, 6.07) is -2.31. The van der Waals surface area contributed by atoms with Gasteiger partial charge in [-0.05, 0) is 13.8 Å². The highest BCUT2D eigenvalue weighted by molar-refractivity contribution is 8.01. The van der Waals surface area contributed by atoms with Crippen LogP contribution in [0.15, 0.2) is 0 Å². The second kappa shape index (κ2) is 4.90. The third-order valence-corrected chi connectivity index (χ3v) is 4.88. The molecule has 2 aliphatic heterocycles. The largest absolute Gasteiger partial charge is 0.480 e. The van der Waals surface area contributed by atoms with E-state index in [1.54, 1.807) is 0 Å². The summed E-state index contributed by atoms with van der Waals surface area (Å²) in [6.07, 6.45) is 5.10. The van der Waals surface area contributed by atoms with E-state index in [4.69, 9.17) is 11.5 Å². The first-order chi connectivity index (χ1) is 9.29. The van der Waals surface area contributed by atoms with E-state index in [2.05, 4.69) is 16.6 Å². The Morgan fingerprint density at radius 2 is 2.25 bits per heavy atom. The van der Waals surface area contributed by atoms with Gasteiger partial charge >= 0.3 is 12.0 Å². The molecule has 108 valence electrons. The quantitative estimate of drug-likeness (QED) is 0.606. The van der Waals surface area contributed by atoms with Gasteiger partial charge in [0, 0.05) is 4.75 Å². The summed E-state index contributed by atoms with van der Waals surface area (Å²) in [5, 5.41) is 13.5. The van der Waals surface area contributed by atoms with E-state index in [1.807, 2.05) is 13.8 Å². The lowest BCUT2D eigenvalue weighted by molar-refractivity contribution is -0.139. The number of terminal acetylenes is 1. The molecule has 3 N–H and O–H groups in total. The van der Waals surface area contributed by atoms with Crippen molar-refractivity contribution in [1.82, 2.24) is 15.5 Å². The first-order valence-electron chi connectivity index (χ1n) is 6.00. The molecule has 8 heteroatoms. The molecule has 3 amide bonds. The van der Waals surface area contributed by atoms with Gasteiger partial charge < -0.3 is 15.7 Å². The second-order valence-corrected chi connectivity index (χ2v) is 6.88. The Kier molecular flexibility index (Phi) is 3.56. The van der Waals surface area contributed by atoms with E-state index in [-0.39, 0.29) is 12.5 Å². The molecule has 3 atom stereocenters. The summed E-state index contributed by atoms with van der Waals surface area (Å²) >= 11 is 1.30. The molecule has 0 aromatic heterocycles. The smallest absolute Gasteiger partial charge is 0.329 e. The average Bonchev–Trinajstić information content (AvgIpc) is 2.79.